The van der Waals surface area contributed by atoms with Gasteiger partial charge in [-0.1, -0.05) is 0 Å². The number of fused-ring (bicyclic) bond motifs is 1. The summed E-state index contributed by atoms with van der Waals surface area (Å²) in [7, 11) is 1.50. The fraction of sp³-hybridized carbons (Fsp3) is 0.462. The van der Waals surface area contributed by atoms with Crippen LogP contribution in [-0.2, 0) is 9.53 Å². The van der Waals surface area contributed by atoms with E-state index in [1.54, 1.807) is 18.2 Å². The zero-order chi connectivity index (χ0) is 14.0. The van der Waals surface area contributed by atoms with Crippen molar-refractivity contribution in [1.29, 1.82) is 0 Å². The summed E-state index contributed by atoms with van der Waals surface area (Å²) < 4.78 is 16.0. The maximum absolute atomic E-state index is 11.7. The molecule has 1 aliphatic rings. The number of anilines is 1. The van der Waals surface area contributed by atoms with Crippen molar-refractivity contribution < 1.29 is 19.0 Å². The van der Waals surface area contributed by atoms with E-state index >= 15 is 0 Å². The van der Waals surface area contributed by atoms with E-state index < -0.39 is 11.8 Å². The monoisotopic (exact) mass is 266 g/mol. The number of hydrogen-bond donors (Lipinski definition) is 2. The van der Waals surface area contributed by atoms with Gasteiger partial charge in [0.2, 0.25) is 11.7 Å². The summed E-state index contributed by atoms with van der Waals surface area (Å²) in [5.41, 5.74) is 6.25. The Morgan fingerprint density at radius 2 is 2.11 bits per heavy atom. The summed E-state index contributed by atoms with van der Waals surface area (Å²) in [6.45, 7) is 3.81. The van der Waals surface area contributed by atoms with Gasteiger partial charge in [-0.3, -0.25) is 4.79 Å². The summed E-state index contributed by atoms with van der Waals surface area (Å²) >= 11 is 0. The largest absolute Gasteiger partial charge is 0.449 e. The normalized spacial score (nSPS) is 17.1. The van der Waals surface area contributed by atoms with Crippen molar-refractivity contribution in [2.24, 2.45) is 5.73 Å². The quantitative estimate of drug-likeness (QED) is 0.853. The maximum Gasteiger partial charge on any atom is 0.246 e. The number of nitrogens with one attached hydrogen (secondary N) is 1. The van der Waals surface area contributed by atoms with Crippen LogP contribution in [-0.4, -0.2) is 31.5 Å². The van der Waals surface area contributed by atoms with Gasteiger partial charge < -0.3 is 25.3 Å². The molecular weight excluding hydrogens is 248 g/mol. The maximum atomic E-state index is 11.7. The van der Waals surface area contributed by atoms with Gasteiger partial charge in [0.05, 0.1) is 6.61 Å². The first kappa shape index (κ1) is 13.6. The van der Waals surface area contributed by atoms with E-state index in [1.807, 2.05) is 13.8 Å². The molecule has 1 unspecified atom stereocenters. The molecule has 19 heavy (non-hydrogen) atoms. The minimum Gasteiger partial charge on any atom is -0.449 e. The zero-order valence-electron chi connectivity index (χ0n) is 11.2. The van der Waals surface area contributed by atoms with E-state index in [4.69, 9.17) is 19.9 Å². The highest BCUT2D eigenvalue weighted by Gasteiger charge is 2.31. The molecule has 3 N–H and O–H groups in total. The third-order valence-electron chi connectivity index (χ3n) is 2.61. The van der Waals surface area contributed by atoms with Crippen LogP contribution < -0.4 is 20.5 Å². The summed E-state index contributed by atoms with van der Waals surface area (Å²) in [5.74, 6) is 0.268. The van der Waals surface area contributed by atoms with E-state index in [0.717, 1.165) is 0 Å². The number of amides is 1. The average Bonchev–Trinajstić information content (AvgIpc) is 2.62. The standard InChI is InChI=1S/C13H18N2O4/c1-13(2)18-10-5-4-8(6-11(10)19-13)15-12(16)9(14)7-17-3/h4-6,9H,7,14H2,1-3H3,(H,15,16). The Morgan fingerprint density at radius 1 is 1.42 bits per heavy atom. The van der Waals surface area contributed by atoms with Crippen LogP contribution in [0, 0.1) is 0 Å². The third kappa shape index (κ3) is 3.15. The molecule has 0 radical (unpaired) electrons. The average molecular weight is 266 g/mol. The number of benzene rings is 1. The zero-order valence-corrected chi connectivity index (χ0v) is 11.2. The summed E-state index contributed by atoms with van der Waals surface area (Å²) in [4.78, 5) is 11.7. The van der Waals surface area contributed by atoms with E-state index in [9.17, 15) is 4.79 Å². The number of rotatable bonds is 4. The van der Waals surface area contributed by atoms with Gasteiger partial charge in [0.25, 0.3) is 0 Å². The number of hydrogen-bond acceptors (Lipinski definition) is 5. The molecule has 104 valence electrons. The summed E-state index contributed by atoms with van der Waals surface area (Å²) in [5, 5.41) is 2.70. The predicted octanol–water partition coefficient (Wildman–Crippen LogP) is 1.11. The molecule has 0 aromatic heterocycles. The van der Waals surface area contributed by atoms with E-state index in [2.05, 4.69) is 5.32 Å². The molecule has 1 amide bonds. The van der Waals surface area contributed by atoms with Crippen LogP contribution in [0.3, 0.4) is 0 Å². The molecular formula is C13H18N2O4. The fourth-order valence-corrected chi connectivity index (χ4v) is 1.79. The number of ether oxygens (including phenoxy) is 3. The second-order valence-corrected chi connectivity index (χ2v) is 4.82. The Balaban J connectivity index is 2.06. The molecule has 1 aromatic rings. The first-order chi connectivity index (χ1) is 8.91. The molecule has 0 aliphatic carbocycles. The second-order valence-electron chi connectivity index (χ2n) is 4.82. The topological polar surface area (TPSA) is 82.8 Å². The van der Waals surface area contributed by atoms with Gasteiger partial charge in [0.15, 0.2) is 11.5 Å². The van der Waals surface area contributed by atoms with Gasteiger partial charge in [-0.15, -0.1) is 0 Å². The molecule has 0 spiro atoms. The second kappa shape index (κ2) is 5.07. The molecule has 1 atom stereocenters. The summed E-state index contributed by atoms with van der Waals surface area (Å²) in [6, 6.07) is 4.50. The Hall–Kier alpha value is -1.79. The fourth-order valence-electron chi connectivity index (χ4n) is 1.79. The van der Waals surface area contributed by atoms with E-state index in [0.29, 0.717) is 17.2 Å². The SMILES string of the molecule is COCC(N)C(=O)Nc1ccc2c(c1)OC(C)(C)O2. The van der Waals surface area contributed by atoms with Crippen molar-refractivity contribution in [3.8, 4) is 11.5 Å². The van der Waals surface area contributed by atoms with Crippen LogP contribution in [0.4, 0.5) is 5.69 Å². The molecule has 0 fully saturated rings. The lowest BCUT2D eigenvalue weighted by molar-refractivity contribution is -0.118. The Bertz CT molecular complexity index is 488. The summed E-state index contributed by atoms with van der Waals surface area (Å²) in [6.07, 6.45) is 0. The van der Waals surface area contributed by atoms with Crippen LogP contribution in [0.5, 0.6) is 11.5 Å². The third-order valence-corrected chi connectivity index (χ3v) is 2.61. The Labute approximate surface area is 111 Å². The van der Waals surface area contributed by atoms with Crippen LogP contribution >= 0.6 is 0 Å². The molecule has 0 saturated carbocycles. The minimum atomic E-state index is -0.702. The Kier molecular flexibility index (Phi) is 3.64. The highest BCUT2D eigenvalue weighted by Crippen LogP contribution is 2.40. The van der Waals surface area contributed by atoms with Crippen molar-refractivity contribution in [3.63, 3.8) is 0 Å². The van der Waals surface area contributed by atoms with Crippen LogP contribution in [0.1, 0.15) is 13.8 Å². The lowest BCUT2D eigenvalue weighted by Crippen LogP contribution is -2.39. The van der Waals surface area contributed by atoms with Crippen molar-refractivity contribution in [3.05, 3.63) is 18.2 Å². The predicted molar refractivity (Wildman–Crippen MR) is 70.3 cm³/mol. The van der Waals surface area contributed by atoms with Gasteiger partial charge in [-0.05, 0) is 12.1 Å². The highest BCUT2D eigenvalue weighted by molar-refractivity contribution is 5.95. The van der Waals surface area contributed by atoms with Gasteiger partial charge in [0, 0.05) is 32.7 Å². The molecule has 1 aliphatic heterocycles. The van der Waals surface area contributed by atoms with Crippen molar-refractivity contribution >= 4 is 11.6 Å². The first-order valence-corrected chi connectivity index (χ1v) is 5.99. The molecule has 2 rings (SSSR count). The molecule has 0 saturated heterocycles. The Morgan fingerprint density at radius 3 is 2.79 bits per heavy atom. The van der Waals surface area contributed by atoms with E-state index in [1.165, 1.54) is 7.11 Å². The van der Waals surface area contributed by atoms with Gasteiger partial charge >= 0.3 is 0 Å². The van der Waals surface area contributed by atoms with Gasteiger partial charge in [-0.25, -0.2) is 0 Å². The highest BCUT2D eigenvalue weighted by atomic mass is 16.7. The minimum absolute atomic E-state index is 0.170. The van der Waals surface area contributed by atoms with Gasteiger partial charge in [-0.2, -0.15) is 0 Å². The molecule has 6 heteroatoms. The van der Waals surface area contributed by atoms with Crippen LogP contribution in [0.25, 0.3) is 0 Å². The van der Waals surface area contributed by atoms with Crippen molar-refractivity contribution in [2.75, 3.05) is 19.0 Å². The smallest absolute Gasteiger partial charge is 0.246 e. The van der Waals surface area contributed by atoms with Crippen molar-refractivity contribution in [2.45, 2.75) is 25.7 Å². The van der Waals surface area contributed by atoms with Gasteiger partial charge in [0.1, 0.15) is 6.04 Å². The van der Waals surface area contributed by atoms with Crippen molar-refractivity contribution in [1.82, 2.24) is 0 Å². The molecule has 1 heterocycles. The molecule has 1 aromatic carbocycles. The van der Waals surface area contributed by atoms with E-state index in [-0.39, 0.29) is 12.5 Å². The lowest BCUT2D eigenvalue weighted by atomic mass is 10.2. The van der Waals surface area contributed by atoms with Crippen LogP contribution in [0.15, 0.2) is 18.2 Å². The first-order valence-electron chi connectivity index (χ1n) is 5.99. The molecule has 0 bridgehead atoms. The lowest BCUT2D eigenvalue weighted by Gasteiger charge is -2.16. The number of methoxy groups -OCH3 is 1. The number of carbonyl (C=O) groups is 1. The molecule has 6 nitrogen and oxygen atoms in total. The number of nitrogens with two attached hydrogens (primary N) is 1. The van der Waals surface area contributed by atoms with Crippen LogP contribution in [0.2, 0.25) is 0 Å². The number of carbonyl (C=O) groups excluding carboxylic acids is 1.